The lowest BCUT2D eigenvalue weighted by Gasteiger charge is -2.16. The molecule has 0 aromatic heterocycles. The summed E-state index contributed by atoms with van der Waals surface area (Å²) < 4.78 is 79.4. The van der Waals surface area contributed by atoms with Crippen molar-refractivity contribution < 1.29 is 26.3 Å². The van der Waals surface area contributed by atoms with Crippen LogP contribution in [0.25, 0.3) is 0 Å². The summed E-state index contributed by atoms with van der Waals surface area (Å²) in [6.07, 6.45) is -9.83. The molecule has 2 aromatic carbocycles. The van der Waals surface area contributed by atoms with Crippen molar-refractivity contribution in [1.29, 1.82) is 0 Å². The van der Waals surface area contributed by atoms with Crippen molar-refractivity contribution in [2.24, 2.45) is 5.10 Å². The minimum Gasteiger partial charge on any atom is -0.302 e. The molecular weight excluding hydrogens is 458 g/mol. The van der Waals surface area contributed by atoms with Crippen molar-refractivity contribution >= 4 is 32.7 Å². The summed E-state index contributed by atoms with van der Waals surface area (Å²) in [5, 5.41) is 5.40. The summed E-state index contributed by atoms with van der Waals surface area (Å²) in [5.74, 6) is 0. The zero-order valence-corrected chi connectivity index (χ0v) is 16.4. The normalized spacial score (nSPS) is 13.0. The van der Waals surface area contributed by atoms with E-state index in [0.717, 1.165) is 16.2 Å². The van der Waals surface area contributed by atoms with Crippen LogP contribution >= 0.6 is 27.7 Å². The smallest absolute Gasteiger partial charge is 0.302 e. The quantitative estimate of drug-likeness (QED) is 0.167. The topological polar surface area (TPSA) is 15.6 Å². The number of nitrogens with zero attached hydrogens (tertiary/aromatic N) is 2. The third-order valence-corrected chi connectivity index (χ3v) is 4.70. The average Bonchev–Trinajstić information content (AvgIpc) is 2.54. The molecule has 0 N–H and O–H groups in total. The second-order valence-corrected chi connectivity index (χ2v) is 7.58. The Morgan fingerprint density at radius 1 is 0.889 bits per heavy atom. The largest absolute Gasteiger partial charge is 0.416 e. The van der Waals surface area contributed by atoms with E-state index >= 15 is 0 Å². The van der Waals surface area contributed by atoms with E-state index in [1.807, 2.05) is 0 Å². The molecule has 0 fully saturated rings. The first-order chi connectivity index (χ1) is 12.4. The lowest BCUT2D eigenvalue weighted by Crippen LogP contribution is -2.14. The maximum Gasteiger partial charge on any atom is 0.416 e. The van der Waals surface area contributed by atoms with E-state index in [1.54, 1.807) is 24.3 Å². The van der Waals surface area contributed by atoms with Crippen LogP contribution in [0.2, 0.25) is 0 Å². The molecule has 0 bridgehead atoms. The zero-order valence-electron chi connectivity index (χ0n) is 14.0. The van der Waals surface area contributed by atoms with E-state index in [4.69, 9.17) is 0 Å². The molecule has 0 spiro atoms. The van der Waals surface area contributed by atoms with Gasteiger partial charge in [0.2, 0.25) is 0 Å². The number of hydrazone groups is 1. The molecule has 0 saturated carbocycles. The van der Waals surface area contributed by atoms with Gasteiger partial charge in [-0.05, 0) is 42.5 Å². The molecule has 0 aliphatic rings. The summed E-state index contributed by atoms with van der Waals surface area (Å²) >= 11 is 4.23. The van der Waals surface area contributed by atoms with Gasteiger partial charge >= 0.3 is 12.4 Å². The molecule has 0 heterocycles. The fourth-order valence-corrected chi connectivity index (χ4v) is 3.21. The van der Waals surface area contributed by atoms with Crippen LogP contribution in [0.1, 0.15) is 16.7 Å². The van der Waals surface area contributed by atoms with Gasteiger partial charge in [0.05, 0.1) is 11.1 Å². The summed E-state index contributed by atoms with van der Waals surface area (Å²) in [6, 6.07) is 8.22. The van der Waals surface area contributed by atoms with Crippen molar-refractivity contribution in [2.75, 3.05) is 14.1 Å². The number of hydrogen-bond acceptors (Lipinski definition) is 3. The standard InChI is InChI=1S/C17H13BrF6N2S/c1-26(2)25-15(27-14-5-3-13(18)4-6-14)10-7-11(16(19,20)21)9-12(8-10)17(22,23)24/h3-9H,1-2H3/b25-15-. The monoisotopic (exact) mass is 470 g/mol. The van der Waals surface area contributed by atoms with E-state index < -0.39 is 23.5 Å². The molecule has 0 amide bonds. The Morgan fingerprint density at radius 3 is 1.78 bits per heavy atom. The Kier molecular flexibility index (Phi) is 6.51. The van der Waals surface area contributed by atoms with Crippen molar-refractivity contribution in [2.45, 2.75) is 17.2 Å². The van der Waals surface area contributed by atoms with Crippen LogP contribution in [0, 0.1) is 0 Å². The molecule has 146 valence electrons. The van der Waals surface area contributed by atoms with E-state index in [1.165, 1.54) is 19.1 Å². The minimum absolute atomic E-state index is 0.0129. The summed E-state index contributed by atoms with van der Waals surface area (Å²) in [6.45, 7) is 0. The Morgan fingerprint density at radius 2 is 1.37 bits per heavy atom. The molecule has 0 atom stereocenters. The van der Waals surface area contributed by atoms with Crippen LogP contribution < -0.4 is 0 Å². The van der Waals surface area contributed by atoms with E-state index in [-0.39, 0.29) is 16.7 Å². The Labute approximate surface area is 164 Å². The Balaban J connectivity index is 2.58. The SMILES string of the molecule is CN(C)/N=C(\Sc1ccc(Br)cc1)c1cc(C(F)(F)F)cc(C(F)(F)F)c1. The molecule has 2 rings (SSSR count). The predicted molar refractivity (Wildman–Crippen MR) is 96.7 cm³/mol. The number of alkyl halides is 6. The third kappa shape index (κ3) is 6.17. The molecule has 0 unspecified atom stereocenters. The predicted octanol–water partition coefficient (Wildman–Crippen LogP) is 6.50. The molecule has 2 nitrogen and oxygen atoms in total. The Bertz CT molecular complexity index is 797. The van der Waals surface area contributed by atoms with Gasteiger partial charge in [-0.1, -0.05) is 27.7 Å². The van der Waals surface area contributed by atoms with Gasteiger partial charge in [0.25, 0.3) is 0 Å². The second-order valence-electron chi connectivity index (χ2n) is 5.60. The molecule has 2 aromatic rings. The minimum atomic E-state index is -4.92. The van der Waals surface area contributed by atoms with Gasteiger partial charge in [-0.15, -0.1) is 0 Å². The van der Waals surface area contributed by atoms with E-state index in [9.17, 15) is 26.3 Å². The third-order valence-electron chi connectivity index (χ3n) is 3.15. The zero-order chi connectivity index (χ0) is 20.4. The maximum absolute atomic E-state index is 13.1. The van der Waals surface area contributed by atoms with Crippen LogP contribution in [0.4, 0.5) is 26.3 Å². The first-order valence-corrected chi connectivity index (χ1v) is 8.96. The lowest BCUT2D eigenvalue weighted by molar-refractivity contribution is -0.143. The first-order valence-electron chi connectivity index (χ1n) is 7.35. The van der Waals surface area contributed by atoms with Gasteiger partial charge < -0.3 is 5.01 Å². The van der Waals surface area contributed by atoms with Gasteiger partial charge in [0, 0.05) is 29.0 Å². The van der Waals surface area contributed by atoms with Gasteiger partial charge in [-0.25, -0.2) is 0 Å². The highest BCUT2D eigenvalue weighted by Crippen LogP contribution is 2.37. The number of hydrogen-bond donors (Lipinski definition) is 0. The number of rotatable bonds is 3. The van der Waals surface area contributed by atoms with Crippen molar-refractivity contribution in [1.82, 2.24) is 5.01 Å². The van der Waals surface area contributed by atoms with Crippen LogP contribution in [-0.4, -0.2) is 24.1 Å². The highest BCUT2D eigenvalue weighted by atomic mass is 79.9. The van der Waals surface area contributed by atoms with Crippen molar-refractivity contribution in [3.05, 3.63) is 63.6 Å². The molecular formula is C17H13BrF6N2S. The highest BCUT2D eigenvalue weighted by molar-refractivity contribution is 9.10. The van der Waals surface area contributed by atoms with Gasteiger partial charge in [-0.2, -0.15) is 31.4 Å². The second kappa shape index (κ2) is 8.14. The summed E-state index contributed by atoms with van der Waals surface area (Å²) in [5.41, 5.74) is -3.02. The number of benzene rings is 2. The number of halogens is 7. The first kappa shape index (κ1) is 21.6. The maximum atomic E-state index is 13.1. The summed E-state index contributed by atoms with van der Waals surface area (Å²) in [7, 11) is 3.06. The van der Waals surface area contributed by atoms with E-state index in [2.05, 4.69) is 21.0 Å². The average molecular weight is 471 g/mol. The lowest BCUT2D eigenvalue weighted by atomic mass is 10.1. The van der Waals surface area contributed by atoms with Crippen LogP contribution in [0.15, 0.2) is 56.9 Å². The molecule has 0 saturated heterocycles. The van der Waals surface area contributed by atoms with Gasteiger partial charge in [-0.3, -0.25) is 0 Å². The molecule has 27 heavy (non-hydrogen) atoms. The fraction of sp³-hybridized carbons (Fsp3) is 0.235. The van der Waals surface area contributed by atoms with Gasteiger partial charge in [0.15, 0.2) is 0 Å². The van der Waals surface area contributed by atoms with E-state index in [0.29, 0.717) is 17.0 Å². The molecule has 10 heteroatoms. The van der Waals surface area contributed by atoms with Crippen LogP contribution in [-0.2, 0) is 12.4 Å². The van der Waals surface area contributed by atoms with Crippen molar-refractivity contribution in [3.8, 4) is 0 Å². The van der Waals surface area contributed by atoms with Crippen LogP contribution in [0.5, 0.6) is 0 Å². The van der Waals surface area contributed by atoms with Gasteiger partial charge in [0.1, 0.15) is 5.04 Å². The molecule has 0 radical (unpaired) electrons. The van der Waals surface area contributed by atoms with Crippen LogP contribution in [0.3, 0.4) is 0 Å². The van der Waals surface area contributed by atoms with Crippen molar-refractivity contribution in [3.63, 3.8) is 0 Å². The Hall–Kier alpha value is -1.68. The highest BCUT2D eigenvalue weighted by Gasteiger charge is 2.37. The number of thioether (sulfide) groups is 1. The molecule has 0 aliphatic heterocycles. The fourth-order valence-electron chi connectivity index (χ4n) is 2.01. The summed E-state index contributed by atoms with van der Waals surface area (Å²) in [4.78, 5) is 0.616. The molecule has 0 aliphatic carbocycles.